The smallest absolute Gasteiger partial charge is 0.206 e. The second-order valence-corrected chi connectivity index (χ2v) is 9.50. The van der Waals surface area contributed by atoms with Gasteiger partial charge in [-0.1, -0.05) is 11.6 Å². The number of sulfonamides is 1. The average molecular weight is 393 g/mol. The van der Waals surface area contributed by atoms with E-state index < -0.39 is 10.0 Å². The first-order chi connectivity index (χ1) is 8.45. The third kappa shape index (κ3) is 3.04. The van der Waals surface area contributed by atoms with Crippen LogP contribution < -0.4 is 0 Å². The lowest BCUT2D eigenvalue weighted by molar-refractivity contribution is 0.455. The Balaban J connectivity index is 2.17. The van der Waals surface area contributed by atoms with Crippen molar-refractivity contribution in [3.05, 3.63) is 14.9 Å². The second-order valence-electron chi connectivity index (χ2n) is 4.18. The van der Waals surface area contributed by atoms with Crippen LogP contribution in [0.15, 0.2) is 14.1 Å². The minimum absolute atomic E-state index is 0.297. The Morgan fingerprint density at radius 3 is 2.83 bits per heavy atom. The molecule has 2 heterocycles. The van der Waals surface area contributed by atoms with Gasteiger partial charge in [0.25, 0.3) is 10.0 Å². The summed E-state index contributed by atoms with van der Waals surface area (Å²) in [6.07, 6.45) is 1.74. The third-order valence-electron chi connectivity index (χ3n) is 2.98. The van der Waals surface area contributed by atoms with Crippen LogP contribution in [0.4, 0.5) is 0 Å². The summed E-state index contributed by atoms with van der Waals surface area (Å²) < 4.78 is 27.2. The van der Waals surface area contributed by atoms with E-state index in [0.717, 1.165) is 24.2 Å². The summed E-state index contributed by atoms with van der Waals surface area (Å²) in [7, 11) is -3.40. The molecule has 0 amide bonds. The van der Waals surface area contributed by atoms with Crippen LogP contribution in [0.2, 0.25) is 5.02 Å². The van der Waals surface area contributed by atoms with Crippen LogP contribution in [0.5, 0.6) is 0 Å². The lowest BCUT2D eigenvalue weighted by Gasteiger charge is -2.14. The van der Waals surface area contributed by atoms with Gasteiger partial charge in [-0.2, -0.15) is 4.31 Å². The summed E-state index contributed by atoms with van der Waals surface area (Å²) in [6, 6.07) is 1.50. The van der Waals surface area contributed by atoms with Crippen LogP contribution in [-0.4, -0.2) is 31.7 Å². The van der Waals surface area contributed by atoms with Gasteiger partial charge in [0.05, 0.1) is 8.81 Å². The fourth-order valence-electron chi connectivity index (χ4n) is 1.99. The molecular weight excluding hydrogens is 381 g/mol. The van der Waals surface area contributed by atoms with Gasteiger partial charge in [-0.05, 0) is 40.8 Å². The molecule has 1 atom stereocenters. The highest BCUT2D eigenvalue weighted by Crippen LogP contribution is 2.37. The molecule has 0 saturated carbocycles. The largest absolute Gasteiger partial charge is 0.252 e. The Labute approximate surface area is 129 Å². The lowest BCUT2D eigenvalue weighted by atomic mass is 10.1. The molecular formula is C10H12BrCl2NO2S2. The summed E-state index contributed by atoms with van der Waals surface area (Å²) in [6.45, 7) is 1.12. The van der Waals surface area contributed by atoms with Crippen LogP contribution >= 0.6 is 50.5 Å². The molecule has 102 valence electrons. The van der Waals surface area contributed by atoms with Crippen molar-refractivity contribution in [2.45, 2.75) is 17.1 Å². The van der Waals surface area contributed by atoms with Gasteiger partial charge in [0.1, 0.15) is 4.21 Å². The molecule has 1 saturated heterocycles. The number of hydrogen-bond acceptors (Lipinski definition) is 3. The van der Waals surface area contributed by atoms with E-state index in [0.29, 0.717) is 37.9 Å². The first-order valence-corrected chi connectivity index (χ1v) is 9.42. The van der Waals surface area contributed by atoms with Crippen LogP contribution in [0.3, 0.4) is 0 Å². The van der Waals surface area contributed by atoms with Crippen LogP contribution in [0.1, 0.15) is 12.8 Å². The Morgan fingerprint density at radius 2 is 2.28 bits per heavy atom. The molecule has 1 aliphatic rings. The molecule has 0 aromatic carbocycles. The van der Waals surface area contributed by atoms with E-state index >= 15 is 0 Å². The fraction of sp³-hybridized carbons (Fsp3) is 0.600. The van der Waals surface area contributed by atoms with Gasteiger partial charge >= 0.3 is 0 Å². The normalized spacial score (nSPS) is 21.6. The zero-order valence-electron chi connectivity index (χ0n) is 9.40. The predicted molar refractivity (Wildman–Crippen MR) is 79.2 cm³/mol. The molecule has 8 heteroatoms. The quantitative estimate of drug-likeness (QED) is 0.730. The Hall–Kier alpha value is 0.670. The zero-order chi connectivity index (χ0) is 13.3. The van der Waals surface area contributed by atoms with Crippen molar-refractivity contribution < 1.29 is 8.42 Å². The van der Waals surface area contributed by atoms with Crippen molar-refractivity contribution in [3.8, 4) is 0 Å². The number of rotatable bonds is 4. The minimum Gasteiger partial charge on any atom is -0.206 e. The molecule has 0 spiro atoms. The van der Waals surface area contributed by atoms with E-state index in [2.05, 4.69) is 15.9 Å². The predicted octanol–water partition coefficient (Wildman–Crippen LogP) is 3.80. The van der Waals surface area contributed by atoms with Gasteiger partial charge in [0.2, 0.25) is 0 Å². The minimum atomic E-state index is -3.40. The van der Waals surface area contributed by atoms with Crippen LogP contribution in [-0.2, 0) is 10.0 Å². The molecule has 1 aromatic rings. The van der Waals surface area contributed by atoms with Crippen molar-refractivity contribution in [2.24, 2.45) is 5.92 Å². The first-order valence-electron chi connectivity index (χ1n) is 5.46. The molecule has 1 fully saturated rings. The lowest BCUT2D eigenvalue weighted by Crippen LogP contribution is -2.28. The molecule has 0 aliphatic carbocycles. The van der Waals surface area contributed by atoms with Crippen molar-refractivity contribution in [1.82, 2.24) is 4.31 Å². The summed E-state index contributed by atoms with van der Waals surface area (Å²) >= 11 is 16.0. The van der Waals surface area contributed by atoms with Gasteiger partial charge in [0.15, 0.2) is 0 Å². The third-order valence-corrected chi connectivity index (χ3v) is 7.99. The Kier molecular flexibility index (Phi) is 5.00. The van der Waals surface area contributed by atoms with Gasteiger partial charge in [-0.25, -0.2) is 8.42 Å². The molecule has 2 rings (SSSR count). The fourth-order valence-corrected chi connectivity index (χ4v) is 6.38. The van der Waals surface area contributed by atoms with E-state index in [1.807, 2.05) is 0 Å². The molecule has 18 heavy (non-hydrogen) atoms. The summed E-state index contributed by atoms with van der Waals surface area (Å²) in [5.74, 6) is 0.950. The van der Waals surface area contributed by atoms with Crippen molar-refractivity contribution in [3.63, 3.8) is 0 Å². The molecule has 1 unspecified atom stereocenters. The van der Waals surface area contributed by atoms with Crippen molar-refractivity contribution in [2.75, 3.05) is 19.0 Å². The standard InChI is InChI=1S/C10H12BrCl2NO2S2/c11-10-8(13)5-9(17-10)18(15,16)14-4-2-7(6-14)1-3-12/h5,7H,1-4,6H2. The first kappa shape index (κ1) is 15.1. The van der Waals surface area contributed by atoms with Crippen molar-refractivity contribution in [1.29, 1.82) is 0 Å². The molecule has 0 radical (unpaired) electrons. The summed E-state index contributed by atoms with van der Waals surface area (Å²) in [5, 5.41) is 0.440. The van der Waals surface area contributed by atoms with E-state index in [-0.39, 0.29) is 0 Å². The number of alkyl halides is 1. The maximum Gasteiger partial charge on any atom is 0.252 e. The molecule has 0 N–H and O–H groups in total. The summed E-state index contributed by atoms with van der Waals surface area (Å²) in [5.41, 5.74) is 0. The van der Waals surface area contributed by atoms with Gasteiger partial charge < -0.3 is 0 Å². The van der Waals surface area contributed by atoms with Crippen molar-refractivity contribution >= 4 is 60.5 Å². The second kappa shape index (κ2) is 5.97. The summed E-state index contributed by atoms with van der Waals surface area (Å²) in [4.78, 5) is 0. The number of hydrogen-bond donors (Lipinski definition) is 0. The molecule has 3 nitrogen and oxygen atoms in total. The van der Waals surface area contributed by atoms with E-state index in [1.54, 1.807) is 0 Å². The zero-order valence-corrected chi connectivity index (χ0v) is 14.1. The van der Waals surface area contributed by atoms with E-state index in [1.165, 1.54) is 10.4 Å². The highest BCUT2D eigenvalue weighted by atomic mass is 79.9. The highest BCUT2D eigenvalue weighted by Gasteiger charge is 2.33. The maximum atomic E-state index is 12.4. The van der Waals surface area contributed by atoms with E-state index in [4.69, 9.17) is 23.2 Å². The number of halogens is 3. The van der Waals surface area contributed by atoms with Gasteiger partial charge in [-0.15, -0.1) is 22.9 Å². The average Bonchev–Trinajstić information content (AvgIpc) is 2.88. The van der Waals surface area contributed by atoms with Gasteiger partial charge in [-0.3, -0.25) is 0 Å². The highest BCUT2D eigenvalue weighted by molar-refractivity contribution is 9.11. The number of thiophene rings is 1. The Morgan fingerprint density at radius 1 is 1.56 bits per heavy atom. The van der Waals surface area contributed by atoms with Crippen LogP contribution in [0, 0.1) is 5.92 Å². The maximum absolute atomic E-state index is 12.4. The molecule has 1 aliphatic heterocycles. The topological polar surface area (TPSA) is 37.4 Å². The monoisotopic (exact) mass is 391 g/mol. The molecule has 1 aromatic heterocycles. The van der Waals surface area contributed by atoms with Crippen LogP contribution in [0.25, 0.3) is 0 Å². The Bertz CT molecular complexity index is 512. The molecule has 0 bridgehead atoms. The SMILES string of the molecule is O=S(=O)(c1cc(Cl)c(Br)s1)N1CCC(CCCl)C1. The van der Waals surface area contributed by atoms with Gasteiger partial charge in [0, 0.05) is 19.0 Å². The number of nitrogens with zero attached hydrogens (tertiary/aromatic N) is 1. The van der Waals surface area contributed by atoms with E-state index in [9.17, 15) is 8.42 Å².